The van der Waals surface area contributed by atoms with Gasteiger partial charge in [0.25, 0.3) is 5.91 Å². The molecule has 1 aromatic carbocycles. The van der Waals surface area contributed by atoms with Gasteiger partial charge in [-0.05, 0) is 68.8 Å². The summed E-state index contributed by atoms with van der Waals surface area (Å²) >= 11 is 0. The molecule has 1 unspecified atom stereocenters. The van der Waals surface area contributed by atoms with E-state index in [9.17, 15) is 9.59 Å². The minimum atomic E-state index is -0.574. The van der Waals surface area contributed by atoms with E-state index in [1.165, 1.54) is 6.07 Å². The minimum absolute atomic E-state index is 0.0271. The molecular formula is C22H28N2O4. The lowest BCUT2D eigenvalue weighted by Crippen LogP contribution is -2.43. The van der Waals surface area contributed by atoms with Gasteiger partial charge >= 0.3 is 5.63 Å². The first-order chi connectivity index (χ1) is 13.5. The first-order valence-electron chi connectivity index (χ1n) is 10.2. The molecule has 1 spiro atoms. The van der Waals surface area contributed by atoms with Crippen LogP contribution in [0, 0.1) is 5.41 Å². The predicted octanol–water partition coefficient (Wildman–Crippen LogP) is 2.72. The lowest BCUT2D eigenvalue weighted by molar-refractivity contribution is -0.137. The maximum atomic E-state index is 12.9. The highest BCUT2D eigenvalue weighted by atomic mass is 16.5. The van der Waals surface area contributed by atoms with Crippen molar-refractivity contribution >= 4 is 16.9 Å². The Bertz CT molecular complexity index is 930. The number of hydrogen-bond donors (Lipinski definition) is 1. The van der Waals surface area contributed by atoms with Crippen molar-refractivity contribution in [2.24, 2.45) is 5.41 Å². The van der Waals surface area contributed by atoms with Crippen molar-refractivity contribution < 1.29 is 13.9 Å². The van der Waals surface area contributed by atoms with E-state index in [4.69, 9.17) is 9.15 Å². The third-order valence-electron chi connectivity index (χ3n) is 6.26. The summed E-state index contributed by atoms with van der Waals surface area (Å²) in [7, 11) is 0. The van der Waals surface area contributed by atoms with Gasteiger partial charge in [0.05, 0.1) is 0 Å². The van der Waals surface area contributed by atoms with Crippen LogP contribution in [0.5, 0.6) is 5.75 Å². The predicted molar refractivity (Wildman–Crippen MR) is 108 cm³/mol. The molecule has 6 nitrogen and oxygen atoms in total. The third-order valence-corrected chi connectivity index (χ3v) is 6.26. The largest absolute Gasteiger partial charge is 0.481 e. The van der Waals surface area contributed by atoms with E-state index in [0.717, 1.165) is 62.8 Å². The van der Waals surface area contributed by atoms with Crippen LogP contribution in [0.25, 0.3) is 11.0 Å². The molecule has 0 bridgehead atoms. The summed E-state index contributed by atoms with van der Waals surface area (Å²) in [6.45, 7) is 7.50. The van der Waals surface area contributed by atoms with Gasteiger partial charge < -0.3 is 19.4 Å². The Hall–Kier alpha value is -2.34. The number of hydrogen-bond acceptors (Lipinski definition) is 5. The zero-order valence-corrected chi connectivity index (χ0v) is 16.6. The fourth-order valence-electron chi connectivity index (χ4n) is 4.58. The lowest BCUT2D eigenvalue weighted by atomic mass is 9.78. The number of likely N-dealkylation sites (tertiary alicyclic amines) is 1. The summed E-state index contributed by atoms with van der Waals surface area (Å²) in [5, 5.41) is 4.31. The van der Waals surface area contributed by atoms with E-state index in [1.807, 2.05) is 24.0 Å². The summed E-state index contributed by atoms with van der Waals surface area (Å²) in [5.41, 5.74) is 1.36. The topological polar surface area (TPSA) is 71.8 Å². The molecule has 3 heterocycles. The molecule has 4 rings (SSSR count). The number of piperidine rings is 1. The normalized spacial score (nSPS) is 19.9. The fourth-order valence-corrected chi connectivity index (χ4v) is 4.58. The van der Waals surface area contributed by atoms with Crippen molar-refractivity contribution in [3.8, 4) is 5.75 Å². The van der Waals surface area contributed by atoms with E-state index in [2.05, 4.69) is 5.32 Å². The van der Waals surface area contributed by atoms with Crippen molar-refractivity contribution in [2.45, 2.75) is 45.6 Å². The maximum absolute atomic E-state index is 12.9. The highest BCUT2D eigenvalue weighted by molar-refractivity contribution is 5.83. The van der Waals surface area contributed by atoms with E-state index >= 15 is 0 Å². The Labute approximate surface area is 164 Å². The van der Waals surface area contributed by atoms with Gasteiger partial charge in [-0.1, -0.05) is 6.92 Å². The molecule has 28 heavy (non-hydrogen) atoms. The number of amides is 1. The molecule has 1 N–H and O–H groups in total. The van der Waals surface area contributed by atoms with Crippen LogP contribution in [-0.2, 0) is 11.2 Å². The summed E-state index contributed by atoms with van der Waals surface area (Å²) in [5.74, 6) is 0.569. The van der Waals surface area contributed by atoms with Gasteiger partial charge in [0.2, 0.25) is 0 Å². The quantitative estimate of drug-likeness (QED) is 0.821. The number of carbonyl (C=O) groups excluding carboxylic acids is 1. The van der Waals surface area contributed by atoms with Gasteiger partial charge in [-0.25, -0.2) is 4.79 Å². The average molecular weight is 384 g/mol. The standard InChI is InChI=1S/C22H28N2O4/c1-3-16-12-20(25)28-19-13-17(4-5-18(16)19)27-15(2)21(26)24-11-8-22(14-24)6-9-23-10-7-22/h4-5,12-13,15,23H,3,6-11,14H2,1-2H3. The van der Waals surface area contributed by atoms with Crippen molar-refractivity contribution in [1.82, 2.24) is 10.2 Å². The molecular weight excluding hydrogens is 356 g/mol. The monoisotopic (exact) mass is 384 g/mol. The molecule has 2 saturated heterocycles. The van der Waals surface area contributed by atoms with Crippen molar-refractivity contribution in [3.63, 3.8) is 0 Å². The van der Waals surface area contributed by atoms with Gasteiger partial charge in [0.1, 0.15) is 11.3 Å². The van der Waals surface area contributed by atoms with Crippen molar-refractivity contribution in [2.75, 3.05) is 26.2 Å². The Morgan fingerprint density at radius 3 is 2.82 bits per heavy atom. The molecule has 0 radical (unpaired) electrons. The molecule has 6 heteroatoms. The van der Waals surface area contributed by atoms with Crippen LogP contribution in [0.4, 0.5) is 0 Å². The number of nitrogens with one attached hydrogen (secondary N) is 1. The molecule has 2 aromatic rings. The summed E-state index contributed by atoms with van der Waals surface area (Å²) in [6, 6.07) is 6.96. The number of rotatable bonds is 4. The molecule has 1 amide bonds. The molecule has 2 aliphatic heterocycles. The first kappa shape index (κ1) is 19.0. The zero-order chi connectivity index (χ0) is 19.7. The second kappa shape index (κ2) is 7.59. The van der Waals surface area contributed by atoms with E-state index < -0.39 is 6.10 Å². The van der Waals surface area contributed by atoms with Crippen LogP contribution in [0.15, 0.2) is 33.5 Å². The third kappa shape index (κ3) is 3.65. The Morgan fingerprint density at radius 2 is 2.07 bits per heavy atom. The summed E-state index contributed by atoms with van der Waals surface area (Å²) < 4.78 is 11.2. The van der Waals surface area contributed by atoms with Crippen molar-refractivity contribution in [3.05, 3.63) is 40.2 Å². The van der Waals surface area contributed by atoms with Gasteiger partial charge in [0.15, 0.2) is 6.10 Å². The van der Waals surface area contributed by atoms with Crippen LogP contribution in [0.1, 0.15) is 38.7 Å². The van der Waals surface area contributed by atoms with Crippen LogP contribution < -0.4 is 15.7 Å². The van der Waals surface area contributed by atoms with Crippen LogP contribution >= 0.6 is 0 Å². The number of aryl methyl sites for hydroxylation is 1. The van der Waals surface area contributed by atoms with Crippen LogP contribution in [0.2, 0.25) is 0 Å². The summed E-state index contributed by atoms with van der Waals surface area (Å²) in [6.07, 6.45) is 3.53. The number of nitrogens with zero attached hydrogens (tertiary/aromatic N) is 1. The number of fused-ring (bicyclic) bond motifs is 1. The molecule has 0 saturated carbocycles. The number of ether oxygens (including phenoxy) is 1. The molecule has 2 fully saturated rings. The average Bonchev–Trinajstić information content (AvgIpc) is 3.10. The smallest absolute Gasteiger partial charge is 0.336 e. The Balaban J connectivity index is 1.46. The van der Waals surface area contributed by atoms with Gasteiger partial charge in [0, 0.05) is 30.6 Å². The van der Waals surface area contributed by atoms with Crippen molar-refractivity contribution in [1.29, 1.82) is 0 Å². The van der Waals surface area contributed by atoms with Crippen LogP contribution in [0.3, 0.4) is 0 Å². The number of benzene rings is 1. The van der Waals surface area contributed by atoms with Gasteiger partial charge in [-0.2, -0.15) is 0 Å². The van der Waals surface area contributed by atoms with E-state index in [1.54, 1.807) is 13.0 Å². The molecule has 0 aliphatic carbocycles. The van der Waals surface area contributed by atoms with E-state index in [0.29, 0.717) is 11.3 Å². The second-order valence-electron chi connectivity index (χ2n) is 8.12. The van der Waals surface area contributed by atoms with E-state index in [-0.39, 0.29) is 16.9 Å². The highest BCUT2D eigenvalue weighted by Gasteiger charge is 2.41. The Morgan fingerprint density at radius 1 is 1.29 bits per heavy atom. The van der Waals surface area contributed by atoms with Gasteiger partial charge in [-0.3, -0.25) is 4.79 Å². The molecule has 1 atom stereocenters. The Kier molecular flexibility index (Phi) is 5.15. The number of carbonyl (C=O) groups is 1. The second-order valence-corrected chi connectivity index (χ2v) is 8.12. The lowest BCUT2D eigenvalue weighted by Gasteiger charge is -2.34. The zero-order valence-electron chi connectivity index (χ0n) is 16.6. The fraction of sp³-hybridized carbons (Fsp3) is 0.545. The molecule has 150 valence electrons. The maximum Gasteiger partial charge on any atom is 0.336 e. The van der Waals surface area contributed by atoms with Crippen LogP contribution in [-0.4, -0.2) is 43.1 Å². The SMILES string of the molecule is CCc1cc(=O)oc2cc(OC(C)C(=O)N3CCC4(CCNCC4)C3)ccc12. The molecule has 1 aromatic heterocycles. The van der Waals surface area contributed by atoms with Gasteiger partial charge in [-0.15, -0.1) is 0 Å². The summed E-state index contributed by atoms with van der Waals surface area (Å²) in [4.78, 5) is 26.6. The molecule has 2 aliphatic rings. The minimum Gasteiger partial charge on any atom is -0.481 e. The highest BCUT2D eigenvalue weighted by Crippen LogP contribution is 2.38. The first-order valence-corrected chi connectivity index (χ1v) is 10.2.